The first-order chi connectivity index (χ1) is 13.4. The van der Waals surface area contributed by atoms with Crippen molar-refractivity contribution in [1.82, 2.24) is 15.6 Å². The first kappa shape index (κ1) is 19.6. The van der Waals surface area contributed by atoms with Crippen LogP contribution in [0, 0.1) is 11.2 Å². The molecule has 1 aromatic heterocycles. The molecule has 2 aromatic carbocycles. The normalized spacial score (nSPS) is 11.4. The Morgan fingerprint density at radius 2 is 1.64 bits per heavy atom. The molecule has 0 saturated heterocycles. The summed E-state index contributed by atoms with van der Waals surface area (Å²) >= 11 is 0. The Morgan fingerprint density at radius 1 is 0.964 bits per heavy atom. The molecule has 0 aliphatic heterocycles. The second-order valence-electron chi connectivity index (χ2n) is 7.26. The highest BCUT2D eigenvalue weighted by molar-refractivity contribution is 6.04. The van der Waals surface area contributed by atoms with E-state index in [1.54, 1.807) is 32.0 Å². The van der Waals surface area contributed by atoms with Gasteiger partial charge in [0, 0.05) is 35.8 Å². The standard InChI is InChI=1S/C22H24FN3O2/c1-22(2,21(28)26-14-16-7-3-5-9-18(16)23)20(27)24-12-11-15-13-25-19-10-6-4-8-17(15)19/h3-10,13,25H,11-12,14H2,1-2H3,(H,24,27)(H,26,28). The molecular formula is C22H24FN3O2. The highest BCUT2D eigenvalue weighted by Crippen LogP contribution is 2.19. The van der Waals surface area contributed by atoms with E-state index in [0.29, 0.717) is 18.5 Å². The first-order valence-corrected chi connectivity index (χ1v) is 9.24. The molecule has 0 fully saturated rings. The minimum Gasteiger partial charge on any atom is -0.361 e. The number of hydrogen-bond donors (Lipinski definition) is 3. The zero-order chi connectivity index (χ0) is 20.1. The monoisotopic (exact) mass is 381 g/mol. The summed E-state index contributed by atoms with van der Waals surface area (Å²) < 4.78 is 13.7. The summed E-state index contributed by atoms with van der Waals surface area (Å²) in [5, 5.41) is 6.60. The highest BCUT2D eigenvalue weighted by Gasteiger charge is 2.35. The second-order valence-corrected chi connectivity index (χ2v) is 7.26. The van der Waals surface area contributed by atoms with Crippen LogP contribution in [0.4, 0.5) is 4.39 Å². The van der Waals surface area contributed by atoms with Crippen molar-refractivity contribution < 1.29 is 14.0 Å². The summed E-state index contributed by atoms with van der Waals surface area (Å²) in [5.74, 6) is -1.19. The van der Waals surface area contributed by atoms with Gasteiger partial charge in [-0.15, -0.1) is 0 Å². The van der Waals surface area contributed by atoms with Gasteiger partial charge in [-0.3, -0.25) is 9.59 Å². The maximum Gasteiger partial charge on any atom is 0.235 e. The molecule has 0 unspecified atom stereocenters. The predicted octanol–water partition coefficient (Wildman–Crippen LogP) is 3.31. The molecular weight excluding hydrogens is 357 g/mol. The highest BCUT2D eigenvalue weighted by atomic mass is 19.1. The molecule has 146 valence electrons. The van der Waals surface area contributed by atoms with E-state index in [-0.39, 0.29) is 18.3 Å². The quantitative estimate of drug-likeness (QED) is 0.550. The molecule has 28 heavy (non-hydrogen) atoms. The molecule has 0 spiro atoms. The lowest BCUT2D eigenvalue weighted by Crippen LogP contribution is -2.48. The molecule has 0 saturated carbocycles. The van der Waals surface area contributed by atoms with Gasteiger partial charge in [-0.25, -0.2) is 4.39 Å². The van der Waals surface area contributed by atoms with Crippen molar-refractivity contribution in [2.75, 3.05) is 6.54 Å². The molecule has 6 heteroatoms. The number of H-pyrrole nitrogens is 1. The molecule has 0 radical (unpaired) electrons. The van der Waals surface area contributed by atoms with E-state index in [9.17, 15) is 14.0 Å². The van der Waals surface area contributed by atoms with Crippen LogP contribution in [0.1, 0.15) is 25.0 Å². The van der Waals surface area contributed by atoms with E-state index >= 15 is 0 Å². The van der Waals surface area contributed by atoms with Crippen LogP contribution in [0.3, 0.4) is 0 Å². The van der Waals surface area contributed by atoms with E-state index in [4.69, 9.17) is 0 Å². The average Bonchev–Trinajstić information content (AvgIpc) is 3.10. The fourth-order valence-electron chi connectivity index (χ4n) is 3.01. The summed E-state index contributed by atoms with van der Waals surface area (Å²) in [6.07, 6.45) is 2.59. The Hall–Kier alpha value is -3.15. The molecule has 1 heterocycles. The van der Waals surface area contributed by atoms with Crippen LogP contribution >= 0.6 is 0 Å². The molecule has 0 aliphatic carbocycles. The SMILES string of the molecule is CC(C)(C(=O)NCCc1c[nH]c2ccccc12)C(=O)NCc1ccccc1F. The van der Waals surface area contributed by atoms with Gasteiger partial charge in [0.1, 0.15) is 11.2 Å². The van der Waals surface area contributed by atoms with E-state index in [1.165, 1.54) is 6.07 Å². The smallest absolute Gasteiger partial charge is 0.235 e. The third-order valence-electron chi connectivity index (χ3n) is 4.89. The maximum atomic E-state index is 13.7. The number of fused-ring (bicyclic) bond motifs is 1. The van der Waals surface area contributed by atoms with Gasteiger partial charge in [-0.1, -0.05) is 36.4 Å². The predicted molar refractivity (Wildman–Crippen MR) is 107 cm³/mol. The van der Waals surface area contributed by atoms with E-state index < -0.39 is 11.3 Å². The van der Waals surface area contributed by atoms with Gasteiger partial charge in [-0.05, 0) is 38.0 Å². The number of para-hydroxylation sites is 1. The second kappa shape index (κ2) is 8.25. The Labute approximate surface area is 163 Å². The summed E-state index contributed by atoms with van der Waals surface area (Å²) in [4.78, 5) is 28.2. The van der Waals surface area contributed by atoms with Crippen LogP contribution in [0.2, 0.25) is 0 Å². The number of hydrogen-bond acceptors (Lipinski definition) is 2. The van der Waals surface area contributed by atoms with Crippen molar-refractivity contribution >= 4 is 22.7 Å². The molecule has 0 bridgehead atoms. The Kier molecular flexibility index (Phi) is 5.78. The number of rotatable bonds is 7. The van der Waals surface area contributed by atoms with Gasteiger partial charge in [-0.2, -0.15) is 0 Å². The van der Waals surface area contributed by atoms with Crippen LogP contribution in [0.15, 0.2) is 54.7 Å². The van der Waals surface area contributed by atoms with Crippen molar-refractivity contribution in [2.45, 2.75) is 26.8 Å². The number of carbonyl (C=O) groups is 2. The topological polar surface area (TPSA) is 74.0 Å². The summed E-state index contributed by atoms with van der Waals surface area (Å²) in [5.41, 5.74) is 1.28. The lowest BCUT2D eigenvalue weighted by molar-refractivity contribution is -0.141. The number of halogens is 1. The maximum absolute atomic E-state index is 13.7. The van der Waals surface area contributed by atoms with E-state index in [2.05, 4.69) is 15.6 Å². The lowest BCUT2D eigenvalue weighted by Gasteiger charge is -2.22. The Balaban J connectivity index is 1.53. The number of amides is 2. The minimum atomic E-state index is -1.26. The van der Waals surface area contributed by atoms with Crippen molar-refractivity contribution in [3.8, 4) is 0 Å². The molecule has 3 rings (SSSR count). The zero-order valence-corrected chi connectivity index (χ0v) is 16.0. The third-order valence-corrected chi connectivity index (χ3v) is 4.89. The van der Waals surface area contributed by atoms with Crippen LogP contribution in [-0.2, 0) is 22.6 Å². The van der Waals surface area contributed by atoms with Crippen LogP contribution in [0.5, 0.6) is 0 Å². The molecule has 0 atom stereocenters. The number of carbonyl (C=O) groups excluding carboxylic acids is 2. The van der Waals surface area contributed by atoms with Gasteiger partial charge < -0.3 is 15.6 Å². The van der Waals surface area contributed by atoms with E-state index in [1.807, 2.05) is 30.5 Å². The molecule has 3 N–H and O–H groups in total. The zero-order valence-electron chi connectivity index (χ0n) is 16.0. The van der Waals surface area contributed by atoms with Gasteiger partial charge in [0.05, 0.1) is 0 Å². The first-order valence-electron chi connectivity index (χ1n) is 9.24. The van der Waals surface area contributed by atoms with Crippen molar-refractivity contribution in [1.29, 1.82) is 0 Å². The van der Waals surface area contributed by atoms with E-state index in [0.717, 1.165) is 16.5 Å². The molecule has 3 aromatic rings. The Bertz CT molecular complexity index is 994. The Morgan fingerprint density at radius 3 is 2.43 bits per heavy atom. The number of aromatic amines is 1. The van der Waals surface area contributed by atoms with Crippen molar-refractivity contribution in [2.24, 2.45) is 5.41 Å². The average molecular weight is 381 g/mol. The minimum absolute atomic E-state index is 0.0392. The lowest BCUT2D eigenvalue weighted by atomic mass is 9.91. The van der Waals surface area contributed by atoms with Crippen LogP contribution in [-0.4, -0.2) is 23.3 Å². The fourth-order valence-corrected chi connectivity index (χ4v) is 3.01. The summed E-state index contributed by atoms with van der Waals surface area (Å²) in [7, 11) is 0. The van der Waals surface area contributed by atoms with Crippen molar-refractivity contribution in [3.63, 3.8) is 0 Å². The summed E-state index contributed by atoms with van der Waals surface area (Å²) in [6, 6.07) is 14.2. The number of benzene rings is 2. The third kappa shape index (κ3) is 4.22. The summed E-state index contributed by atoms with van der Waals surface area (Å²) in [6.45, 7) is 3.58. The molecule has 5 nitrogen and oxygen atoms in total. The van der Waals surface area contributed by atoms with Gasteiger partial charge in [0.2, 0.25) is 11.8 Å². The molecule has 0 aliphatic rings. The van der Waals surface area contributed by atoms with Crippen LogP contribution in [0.25, 0.3) is 10.9 Å². The number of nitrogens with one attached hydrogen (secondary N) is 3. The van der Waals surface area contributed by atoms with Crippen molar-refractivity contribution in [3.05, 3.63) is 71.7 Å². The molecule has 2 amide bonds. The van der Waals surface area contributed by atoms with Crippen LogP contribution < -0.4 is 10.6 Å². The van der Waals surface area contributed by atoms with Gasteiger partial charge in [0.15, 0.2) is 0 Å². The number of aromatic nitrogens is 1. The largest absolute Gasteiger partial charge is 0.361 e. The van der Waals surface area contributed by atoms with Gasteiger partial charge >= 0.3 is 0 Å². The fraction of sp³-hybridized carbons (Fsp3) is 0.273. The van der Waals surface area contributed by atoms with Gasteiger partial charge in [0.25, 0.3) is 0 Å².